The highest BCUT2D eigenvalue weighted by molar-refractivity contribution is 7.71. The normalized spacial score (nSPS) is 11.0. The molecule has 1 heterocycles. The summed E-state index contributed by atoms with van der Waals surface area (Å²) in [5.41, 5.74) is 2.24. The van der Waals surface area contributed by atoms with Crippen molar-refractivity contribution in [1.29, 1.82) is 0 Å². The molecule has 21 heavy (non-hydrogen) atoms. The molecule has 0 saturated heterocycles. The van der Waals surface area contributed by atoms with Crippen molar-refractivity contribution in [3.05, 3.63) is 58.4 Å². The Hall–Kier alpha value is -2.21. The Kier molecular flexibility index (Phi) is 3.47. The van der Waals surface area contributed by atoms with Gasteiger partial charge in [0.1, 0.15) is 5.82 Å². The lowest BCUT2D eigenvalue weighted by atomic mass is 10.2. The topological polar surface area (TPSA) is 29.9 Å². The minimum atomic E-state index is -0.449. The molecule has 0 aliphatic rings. The number of ether oxygens (including phenoxy) is 1. The third-order valence-corrected chi connectivity index (χ3v) is 3.62. The van der Waals surface area contributed by atoms with Gasteiger partial charge in [-0.2, -0.15) is 0 Å². The zero-order valence-electron chi connectivity index (χ0n) is 11.2. The molecular formula is C15H12F2N2OS. The number of nitrogens with zero attached hydrogens (tertiary/aromatic N) is 1. The molecule has 0 aliphatic carbocycles. The van der Waals surface area contributed by atoms with Gasteiger partial charge in [0.2, 0.25) is 0 Å². The monoisotopic (exact) mass is 306 g/mol. The maximum atomic E-state index is 13.7. The molecule has 0 fully saturated rings. The summed E-state index contributed by atoms with van der Waals surface area (Å²) in [6, 6.07) is 9.13. The standard InChI is InChI=1S/C15H12F2N2OS/c1-20-14-7-13-12(6-11(14)17)18-15(21)19(13)8-9-2-4-10(16)5-3-9/h2-7H,8H2,1H3,(H,18,21). The van der Waals surface area contributed by atoms with Crippen LogP contribution in [0.3, 0.4) is 0 Å². The van der Waals surface area contributed by atoms with Gasteiger partial charge < -0.3 is 14.3 Å². The average Bonchev–Trinajstić information content (AvgIpc) is 2.75. The molecule has 3 rings (SSSR count). The van der Waals surface area contributed by atoms with Crippen LogP contribution >= 0.6 is 12.2 Å². The van der Waals surface area contributed by atoms with Crippen molar-refractivity contribution in [2.45, 2.75) is 6.54 Å². The molecule has 0 amide bonds. The number of nitrogens with one attached hydrogen (secondary N) is 1. The second-order valence-electron chi connectivity index (χ2n) is 4.65. The number of benzene rings is 2. The molecule has 0 aliphatic heterocycles. The number of fused-ring (bicyclic) bond motifs is 1. The van der Waals surface area contributed by atoms with E-state index in [4.69, 9.17) is 17.0 Å². The van der Waals surface area contributed by atoms with Crippen molar-refractivity contribution in [3.63, 3.8) is 0 Å². The third-order valence-electron chi connectivity index (χ3n) is 3.30. The maximum absolute atomic E-state index is 13.7. The van der Waals surface area contributed by atoms with Crippen molar-refractivity contribution < 1.29 is 13.5 Å². The van der Waals surface area contributed by atoms with E-state index in [1.165, 1.54) is 25.3 Å². The van der Waals surface area contributed by atoms with Crippen molar-refractivity contribution in [1.82, 2.24) is 9.55 Å². The number of hydrogen-bond donors (Lipinski definition) is 1. The van der Waals surface area contributed by atoms with Crippen LogP contribution in [0.25, 0.3) is 11.0 Å². The highest BCUT2D eigenvalue weighted by Crippen LogP contribution is 2.25. The van der Waals surface area contributed by atoms with E-state index in [2.05, 4.69) is 4.98 Å². The predicted octanol–water partition coefficient (Wildman–Crippen LogP) is 4.03. The Balaban J connectivity index is 2.11. The Labute approximate surface area is 124 Å². The number of imidazole rings is 1. The van der Waals surface area contributed by atoms with E-state index in [-0.39, 0.29) is 11.6 Å². The van der Waals surface area contributed by atoms with Crippen LogP contribution in [0.15, 0.2) is 36.4 Å². The Morgan fingerprint density at radius 2 is 1.90 bits per heavy atom. The van der Waals surface area contributed by atoms with Crippen molar-refractivity contribution in [3.8, 4) is 5.75 Å². The van der Waals surface area contributed by atoms with E-state index in [9.17, 15) is 8.78 Å². The molecule has 3 aromatic rings. The molecule has 1 aromatic heterocycles. The summed E-state index contributed by atoms with van der Waals surface area (Å²) in [7, 11) is 1.41. The van der Waals surface area contributed by atoms with Gasteiger partial charge in [0, 0.05) is 12.1 Å². The summed E-state index contributed by atoms with van der Waals surface area (Å²) in [5, 5.41) is 0. The molecule has 3 nitrogen and oxygen atoms in total. The molecule has 0 atom stereocenters. The van der Waals surface area contributed by atoms with E-state index in [0.717, 1.165) is 11.1 Å². The Morgan fingerprint density at radius 3 is 2.57 bits per heavy atom. The SMILES string of the molecule is COc1cc2c(cc1F)[nH]c(=S)n2Cc1ccc(F)cc1. The second kappa shape index (κ2) is 5.29. The molecule has 0 spiro atoms. The van der Waals surface area contributed by atoms with Crippen LogP contribution in [-0.2, 0) is 6.54 Å². The number of rotatable bonds is 3. The number of H-pyrrole nitrogens is 1. The van der Waals surface area contributed by atoms with E-state index in [1.807, 2.05) is 4.57 Å². The quantitative estimate of drug-likeness (QED) is 0.740. The lowest BCUT2D eigenvalue weighted by Crippen LogP contribution is -2.00. The zero-order chi connectivity index (χ0) is 15.0. The molecular weight excluding hydrogens is 294 g/mol. The minimum Gasteiger partial charge on any atom is -0.494 e. The van der Waals surface area contributed by atoms with Crippen LogP contribution in [0.5, 0.6) is 5.75 Å². The Morgan fingerprint density at radius 1 is 1.19 bits per heavy atom. The highest BCUT2D eigenvalue weighted by Gasteiger charge is 2.11. The fourth-order valence-electron chi connectivity index (χ4n) is 2.24. The van der Waals surface area contributed by atoms with Gasteiger partial charge in [-0.05, 0) is 29.9 Å². The number of aromatic nitrogens is 2. The van der Waals surface area contributed by atoms with Gasteiger partial charge in [-0.1, -0.05) is 12.1 Å². The minimum absolute atomic E-state index is 0.157. The number of aromatic amines is 1. The first kappa shape index (κ1) is 13.8. The molecule has 0 bridgehead atoms. The van der Waals surface area contributed by atoms with E-state index < -0.39 is 5.82 Å². The van der Waals surface area contributed by atoms with Crippen LogP contribution in [0, 0.1) is 16.4 Å². The predicted molar refractivity (Wildman–Crippen MR) is 79.1 cm³/mol. The maximum Gasteiger partial charge on any atom is 0.178 e. The first-order valence-electron chi connectivity index (χ1n) is 6.29. The summed E-state index contributed by atoms with van der Waals surface area (Å²) >= 11 is 5.27. The van der Waals surface area contributed by atoms with Crippen LogP contribution in [0.2, 0.25) is 0 Å². The Bertz CT molecular complexity index is 852. The second-order valence-corrected chi connectivity index (χ2v) is 5.03. The summed E-state index contributed by atoms with van der Waals surface area (Å²) in [6.45, 7) is 0.466. The first-order valence-corrected chi connectivity index (χ1v) is 6.70. The largest absolute Gasteiger partial charge is 0.494 e. The summed E-state index contributed by atoms with van der Waals surface area (Å²) in [5.74, 6) is -0.579. The van der Waals surface area contributed by atoms with Gasteiger partial charge in [0.25, 0.3) is 0 Å². The fraction of sp³-hybridized carbons (Fsp3) is 0.133. The van der Waals surface area contributed by atoms with Gasteiger partial charge in [0.05, 0.1) is 24.7 Å². The summed E-state index contributed by atoms with van der Waals surface area (Å²) < 4.78 is 33.9. The van der Waals surface area contributed by atoms with E-state index in [1.54, 1.807) is 18.2 Å². The molecule has 0 unspecified atom stereocenters. The van der Waals surface area contributed by atoms with E-state index >= 15 is 0 Å². The number of hydrogen-bond acceptors (Lipinski definition) is 2. The van der Waals surface area contributed by atoms with Gasteiger partial charge in [-0.3, -0.25) is 0 Å². The zero-order valence-corrected chi connectivity index (χ0v) is 12.0. The highest BCUT2D eigenvalue weighted by atomic mass is 32.1. The van der Waals surface area contributed by atoms with Crippen molar-refractivity contribution in [2.24, 2.45) is 0 Å². The van der Waals surface area contributed by atoms with Crippen molar-refractivity contribution >= 4 is 23.3 Å². The van der Waals surface area contributed by atoms with Crippen LogP contribution in [0.1, 0.15) is 5.56 Å². The molecule has 6 heteroatoms. The number of methoxy groups -OCH3 is 1. The molecule has 108 valence electrons. The summed E-state index contributed by atoms with van der Waals surface area (Å²) in [6.07, 6.45) is 0. The first-order chi connectivity index (χ1) is 10.1. The van der Waals surface area contributed by atoms with Gasteiger partial charge in [-0.15, -0.1) is 0 Å². The average molecular weight is 306 g/mol. The lowest BCUT2D eigenvalue weighted by Gasteiger charge is -2.07. The lowest BCUT2D eigenvalue weighted by molar-refractivity contribution is 0.387. The van der Waals surface area contributed by atoms with Gasteiger partial charge >= 0.3 is 0 Å². The van der Waals surface area contributed by atoms with Crippen LogP contribution < -0.4 is 4.74 Å². The summed E-state index contributed by atoms with van der Waals surface area (Å²) in [4.78, 5) is 2.96. The van der Waals surface area contributed by atoms with Crippen LogP contribution in [-0.4, -0.2) is 16.7 Å². The molecule has 2 aromatic carbocycles. The van der Waals surface area contributed by atoms with Crippen LogP contribution in [0.4, 0.5) is 8.78 Å². The van der Waals surface area contributed by atoms with E-state index in [0.29, 0.717) is 16.8 Å². The van der Waals surface area contributed by atoms with Gasteiger partial charge in [-0.25, -0.2) is 8.78 Å². The van der Waals surface area contributed by atoms with Crippen molar-refractivity contribution in [2.75, 3.05) is 7.11 Å². The smallest absolute Gasteiger partial charge is 0.178 e. The molecule has 0 radical (unpaired) electrons. The molecule has 0 saturated carbocycles. The number of halogens is 2. The third kappa shape index (κ3) is 2.54. The molecule has 1 N–H and O–H groups in total. The fourth-order valence-corrected chi connectivity index (χ4v) is 2.52. The van der Waals surface area contributed by atoms with Gasteiger partial charge in [0.15, 0.2) is 16.3 Å².